The molecule has 1 fully saturated rings. The standard InChI is InChI=1S/C14H21ClN2/c1-2-11-5-7-17(8-6-11)10-12-3-4-14(16)13(15)9-12/h3-4,9,11H,2,5-8,10,16H2,1H3. The van der Waals surface area contributed by atoms with Crippen LogP contribution in [0.15, 0.2) is 18.2 Å². The summed E-state index contributed by atoms with van der Waals surface area (Å²) in [6, 6.07) is 5.96. The van der Waals surface area contributed by atoms with Gasteiger partial charge in [0.1, 0.15) is 0 Å². The highest BCUT2D eigenvalue weighted by atomic mass is 35.5. The minimum Gasteiger partial charge on any atom is -0.398 e. The molecule has 0 bridgehead atoms. The monoisotopic (exact) mass is 252 g/mol. The Bertz CT molecular complexity index is 370. The van der Waals surface area contributed by atoms with Crippen LogP contribution in [0.5, 0.6) is 0 Å². The zero-order valence-corrected chi connectivity index (χ0v) is 11.2. The SMILES string of the molecule is CCC1CCN(Cc2ccc(N)c(Cl)c2)CC1. The van der Waals surface area contributed by atoms with Crippen LogP contribution in [0.1, 0.15) is 31.7 Å². The third-order valence-corrected chi connectivity index (χ3v) is 4.08. The summed E-state index contributed by atoms with van der Waals surface area (Å²) in [5.74, 6) is 0.932. The number of halogens is 1. The summed E-state index contributed by atoms with van der Waals surface area (Å²) in [5, 5.41) is 0.672. The van der Waals surface area contributed by atoms with Crippen molar-refractivity contribution in [3.63, 3.8) is 0 Å². The number of nitrogens with two attached hydrogens (primary N) is 1. The molecule has 0 aliphatic carbocycles. The predicted octanol–water partition coefficient (Wildman–Crippen LogP) is 3.54. The Morgan fingerprint density at radius 1 is 1.35 bits per heavy atom. The molecule has 2 rings (SSSR count). The smallest absolute Gasteiger partial charge is 0.0638 e. The largest absolute Gasteiger partial charge is 0.398 e. The van der Waals surface area contributed by atoms with Crippen molar-refractivity contribution in [2.75, 3.05) is 18.8 Å². The van der Waals surface area contributed by atoms with Crippen LogP contribution in [0.25, 0.3) is 0 Å². The number of likely N-dealkylation sites (tertiary alicyclic amines) is 1. The van der Waals surface area contributed by atoms with E-state index in [0.717, 1.165) is 12.5 Å². The third kappa shape index (κ3) is 3.36. The molecule has 0 atom stereocenters. The number of anilines is 1. The minimum absolute atomic E-state index is 0.667. The van der Waals surface area contributed by atoms with Gasteiger partial charge in [0.05, 0.1) is 10.7 Å². The molecular formula is C14H21ClN2. The molecule has 1 aliphatic rings. The summed E-state index contributed by atoms with van der Waals surface area (Å²) in [6.45, 7) is 5.71. The van der Waals surface area contributed by atoms with Crippen molar-refractivity contribution in [2.45, 2.75) is 32.7 Å². The highest BCUT2D eigenvalue weighted by molar-refractivity contribution is 6.33. The van der Waals surface area contributed by atoms with Crippen molar-refractivity contribution in [3.8, 4) is 0 Å². The van der Waals surface area contributed by atoms with Crippen molar-refractivity contribution < 1.29 is 0 Å². The van der Waals surface area contributed by atoms with Gasteiger partial charge in [0.25, 0.3) is 0 Å². The second-order valence-electron chi connectivity index (χ2n) is 4.98. The van der Waals surface area contributed by atoms with E-state index in [-0.39, 0.29) is 0 Å². The van der Waals surface area contributed by atoms with E-state index in [2.05, 4.69) is 17.9 Å². The predicted molar refractivity (Wildman–Crippen MR) is 74.2 cm³/mol. The van der Waals surface area contributed by atoms with Gasteiger partial charge in [-0.25, -0.2) is 0 Å². The fourth-order valence-corrected chi connectivity index (χ4v) is 2.68. The number of hydrogen-bond donors (Lipinski definition) is 1. The van der Waals surface area contributed by atoms with Crippen LogP contribution in [0, 0.1) is 5.92 Å². The number of piperidine rings is 1. The fraction of sp³-hybridized carbons (Fsp3) is 0.571. The van der Waals surface area contributed by atoms with Crippen molar-refractivity contribution in [2.24, 2.45) is 5.92 Å². The molecule has 1 saturated heterocycles. The van der Waals surface area contributed by atoms with E-state index in [1.165, 1.54) is 37.9 Å². The molecule has 17 heavy (non-hydrogen) atoms. The third-order valence-electron chi connectivity index (χ3n) is 3.76. The van der Waals surface area contributed by atoms with E-state index in [9.17, 15) is 0 Å². The number of hydrogen-bond acceptors (Lipinski definition) is 2. The first-order valence-corrected chi connectivity index (χ1v) is 6.83. The van der Waals surface area contributed by atoms with Gasteiger partial charge in [-0.2, -0.15) is 0 Å². The molecule has 2 N–H and O–H groups in total. The summed E-state index contributed by atoms with van der Waals surface area (Å²) in [6.07, 6.45) is 3.99. The number of benzene rings is 1. The van der Waals surface area contributed by atoms with E-state index < -0.39 is 0 Å². The first-order chi connectivity index (χ1) is 8.19. The van der Waals surface area contributed by atoms with Crippen LogP contribution in [0.3, 0.4) is 0 Å². The van der Waals surface area contributed by atoms with Crippen LogP contribution >= 0.6 is 11.6 Å². The van der Waals surface area contributed by atoms with Crippen LogP contribution < -0.4 is 5.73 Å². The van der Waals surface area contributed by atoms with Crippen molar-refractivity contribution in [1.82, 2.24) is 4.90 Å². The van der Waals surface area contributed by atoms with Gasteiger partial charge in [-0.1, -0.05) is 31.0 Å². The molecule has 0 unspecified atom stereocenters. The van der Waals surface area contributed by atoms with Crippen LogP contribution in [0.4, 0.5) is 5.69 Å². The lowest BCUT2D eigenvalue weighted by Gasteiger charge is -2.31. The second kappa shape index (κ2) is 5.74. The van der Waals surface area contributed by atoms with Gasteiger partial charge in [0, 0.05) is 6.54 Å². The van der Waals surface area contributed by atoms with Crippen LogP contribution in [-0.4, -0.2) is 18.0 Å². The first kappa shape index (κ1) is 12.7. The highest BCUT2D eigenvalue weighted by Crippen LogP contribution is 2.24. The van der Waals surface area contributed by atoms with E-state index in [4.69, 9.17) is 17.3 Å². The summed E-state index contributed by atoms with van der Waals surface area (Å²) in [7, 11) is 0. The summed E-state index contributed by atoms with van der Waals surface area (Å²) in [5.41, 5.74) is 7.64. The molecule has 0 spiro atoms. The normalized spacial score (nSPS) is 18.5. The quantitative estimate of drug-likeness (QED) is 0.834. The molecule has 1 aromatic carbocycles. The molecule has 1 aliphatic heterocycles. The average Bonchev–Trinajstić information content (AvgIpc) is 2.35. The lowest BCUT2D eigenvalue weighted by atomic mass is 9.94. The van der Waals surface area contributed by atoms with Gasteiger partial charge in [-0.3, -0.25) is 4.90 Å². The van der Waals surface area contributed by atoms with Gasteiger partial charge in [-0.05, 0) is 49.5 Å². The van der Waals surface area contributed by atoms with Gasteiger partial charge in [0.15, 0.2) is 0 Å². The van der Waals surface area contributed by atoms with Gasteiger partial charge in [-0.15, -0.1) is 0 Å². The highest BCUT2D eigenvalue weighted by Gasteiger charge is 2.17. The van der Waals surface area contributed by atoms with E-state index in [0.29, 0.717) is 10.7 Å². The van der Waals surface area contributed by atoms with Crippen molar-refractivity contribution in [3.05, 3.63) is 28.8 Å². The van der Waals surface area contributed by atoms with E-state index in [1.54, 1.807) is 0 Å². The molecule has 94 valence electrons. The minimum atomic E-state index is 0.667. The van der Waals surface area contributed by atoms with Crippen molar-refractivity contribution >= 4 is 17.3 Å². The Kier molecular flexibility index (Phi) is 4.30. The number of nitrogens with zero attached hydrogens (tertiary/aromatic N) is 1. The van der Waals surface area contributed by atoms with Gasteiger partial charge >= 0.3 is 0 Å². The van der Waals surface area contributed by atoms with Gasteiger partial charge in [0.2, 0.25) is 0 Å². The van der Waals surface area contributed by atoms with Gasteiger partial charge < -0.3 is 5.73 Å². The fourth-order valence-electron chi connectivity index (χ4n) is 2.48. The Hall–Kier alpha value is -0.730. The first-order valence-electron chi connectivity index (χ1n) is 6.45. The number of rotatable bonds is 3. The Morgan fingerprint density at radius 2 is 2.06 bits per heavy atom. The lowest BCUT2D eigenvalue weighted by molar-refractivity contribution is 0.175. The van der Waals surface area contributed by atoms with Crippen molar-refractivity contribution in [1.29, 1.82) is 0 Å². The average molecular weight is 253 g/mol. The molecule has 1 heterocycles. The zero-order chi connectivity index (χ0) is 12.3. The maximum Gasteiger partial charge on any atom is 0.0638 e. The molecule has 0 radical (unpaired) electrons. The molecule has 3 heteroatoms. The van der Waals surface area contributed by atoms with E-state index in [1.807, 2.05) is 12.1 Å². The van der Waals surface area contributed by atoms with E-state index >= 15 is 0 Å². The molecule has 1 aromatic rings. The van der Waals surface area contributed by atoms with Crippen LogP contribution in [-0.2, 0) is 6.54 Å². The maximum atomic E-state index is 6.03. The summed E-state index contributed by atoms with van der Waals surface area (Å²) >= 11 is 6.03. The topological polar surface area (TPSA) is 29.3 Å². The zero-order valence-electron chi connectivity index (χ0n) is 10.5. The summed E-state index contributed by atoms with van der Waals surface area (Å²) < 4.78 is 0. The molecule has 0 aromatic heterocycles. The molecule has 2 nitrogen and oxygen atoms in total. The number of nitrogen functional groups attached to an aromatic ring is 1. The molecular weight excluding hydrogens is 232 g/mol. The second-order valence-corrected chi connectivity index (χ2v) is 5.39. The summed E-state index contributed by atoms with van der Waals surface area (Å²) in [4.78, 5) is 2.51. The Balaban J connectivity index is 1.91. The maximum absolute atomic E-state index is 6.03. The molecule has 0 amide bonds. The lowest BCUT2D eigenvalue weighted by Crippen LogP contribution is -2.32. The molecule has 0 saturated carbocycles. The Labute approximate surface area is 109 Å². The Morgan fingerprint density at radius 3 is 2.65 bits per heavy atom. The van der Waals surface area contributed by atoms with Crippen LogP contribution in [0.2, 0.25) is 5.02 Å².